The van der Waals surface area contributed by atoms with Crippen molar-refractivity contribution in [2.45, 2.75) is 6.42 Å². The van der Waals surface area contributed by atoms with Crippen molar-refractivity contribution in [1.29, 1.82) is 0 Å². The van der Waals surface area contributed by atoms with E-state index in [0.29, 0.717) is 0 Å². The number of aliphatic carboxylic acids is 1. The number of imidazole rings is 1. The number of hydrogen-bond acceptors (Lipinski definition) is 4. The normalized spacial score (nSPS) is 10.6. The summed E-state index contributed by atoms with van der Waals surface area (Å²) in [6.45, 7) is 0. The zero-order chi connectivity index (χ0) is 12.6. The lowest BCUT2D eigenvalue weighted by Gasteiger charge is -2.02. The van der Waals surface area contributed by atoms with Gasteiger partial charge in [0, 0.05) is 0 Å². The van der Waals surface area contributed by atoms with Crippen LogP contribution in [0.4, 0.5) is 5.82 Å². The van der Waals surface area contributed by atoms with Crippen LogP contribution in [0.5, 0.6) is 0 Å². The van der Waals surface area contributed by atoms with Gasteiger partial charge in [-0.2, -0.15) is 0 Å². The number of nitrogens with two attached hydrogens (primary N) is 1. The highest BCUT2D eigenvalue weighted by molar-refractivity contribution is 5.94. The van der Waals surface area contributed by atoms with Crippen LogP contribution in [0.25, 0.3) is 5.52 Å². The third kappa shape index (κ3) is 1.78. The molecule has 0 spiro atoms. The lowest BCUT2D eigenvalue weighted by atomic mass is 10.3. The molecule has 0 aliphatic carbocycles. The first kappa shape index (κ1) is 10.9. The van der Waals surface area contributed by atoms with Gasteiger partial charge in [-0.3, -0.25) is 9.20 Å². The first-order valence-corrected chi connectivity index (χ1v) is 4.71. The number of fused-ring (bicyclic) bond motifs is 1. The Morgan fingerprint density at radius 2 is 2.06 bits per heavy atom. The van der Waals surface area contributed by atoms with Crippen LogP contribution in [0.1, 0.15) is 16.3 Å². The Bertz CT molecular complexity index is 617. The minimum Gasteiger partial charge on any atom is -0.481 e. The minimum atomic E-state index is -1.22. The van der Waals surface area contributed by atoms with Gasteiger partial charge in [0.2, 0.25) is 0 Å². The summed E-state index contributed by atoms with van der Waals surface area (Å²) in [6.07, 6.45) is -0.386. The maximum absolute atomic E-state index is 11.0. The van der Waals surface area contributed by atoms with Crippen molar-refractivity contribution in [3.8, 4) is 0 Å². The number of pyridine rings is 1. The van der Waals surface area contributed by atoms with E-state index in [2.05, 4.69) is 4.98 Å². The van der Waals surface area contributed by atoms with Crippen LogP contribution < -0.4 is 5.73 Å². The third-order valence-corrected chi connectivity index (χ3v) is 2.27. The molecule has 0 aliphatic rings. The molecular weight excluding hydrogens is 226 g/mol. The van der Waals surface area contributed by atoms with Gasteiger partial charge in [0.1, 0.15) is 18.1 Å². The number of rotatable bonds is 3. The van der Waals surface area contributed by atoms with Crippen LogP contribution in [0, 0.1) is 0 Å². The second-order valence-corrected chi connectivity index (χ2v) is 3.42. The predicted molar refractivity (Wildman–Crippen MR) is 57.9 cm³/mol. The number of carboxylic acid groups (broad SMARTS) is 2. The van der Waals surface area contributed by atoms with E-state index in [9.17, 15) is 9.59 Å². The van der Waals surface area contributed by atoms with E-state index in [1.807, 2.05) is 0 Å². The standard InChI is InChI=1S/C10H9N3O4/c11-6-3-1-2-5-9(10(16)17)12-7(13(5)6)4-8(14)15/h1-3H,4,11H2,(H,14,15)(H,16,17). The van der Waals surface area contributed by atoms with Crippen LogP contribution in [0.3, 0.4) is 0 Å². The maximum Gasteiger partial charge on any atom is 0.356 e. The predicted octanol–water partition coefficient (Wildman–Crippen LogP) is 0.242. The zero-order valence-corrected chi connectivity index (χ0v) is 8.62. The molecule has 2 aromatic heterocycles. The van der Waals surface area contributed by atoms with Gasteiger partial charge in [0.05, 0.1) is 5.52 Å². The van der Waals surface area contributed by atoms with E-state index in [-0.39, 0.29) is 29.3 Å². The molecule has 17 heavy (non-hydrogen) atoms. The fraction of sp³-hybridized carbons (Fsp3) is 0.100. The average Bonchev–Trinajstić information content (AvgIpc) is 2.57. The number of hydrogen-bond donors (Lipinski definition) is 3. The molecule has 2 rings (SSSR count). The van der Waals surface area contributed by atoms with Crippen molar-refractivity contribution < 1.29 is 19.8 Å². The molecule has 2 heterocycles. The van der Waals surface area contributed by atoms with E-state index in [1.54, 1.807) is 12.1 Å². The number of aromatic nitrogens is 2. The minimum absolute atomic E-state index is 0.100. The van der Waals surface area contributed by atoms with Gasteiger partial charge in [-0.1, -0.05) is 6.07 Å². The smallest absolute Gasteiger partial charge is 0.356 e. The second kappa shape index (κ2) is 3.78. The van der Waals surface area contributed by atoms with Gasteiger partial charge in [0.25, 0.3) is 0 Å². The molecule has 0 amide bonds. The van der Waals surface area contributed by atoms with Gasteiger partial charge in [-0.25, -0.2) is 9.78 Å². The van der Waals surface area contributed by atoms with Crippen LogP contribution >= 0.6 is 0 Å². The van der Waals surface area contributed by atoms with E-state index in [4.69, 9.17) is 15.9 Å². The molecule has 0 saturated carbocycles. The molecule has 0 radical (unpaired) electrons. The summed E-state index contributed by atoms with van der Waals surface area (Å²) < 4.78 is 1.33. The van der Waals surface area contributed by atoms with Crippen molar-refractivity contribution >= 4 is 23.3 Å². The fourth-order valence-electron chi connectivity index (χ4n) is 1.65. The summed E-state index contributed by atoms with van der Waals surface area (Å²) in [5, 5.41) is 17.7. The van der Waals surface area contributed by atoms with Crippen molar-refractivity contribution in [3.05, 3.63) is 29.7 Å². The van der Waals surface area contributed by atoms with Gasteiger partial charge < -0.3 is 15.9 Å². The lowest BCUT2D eigenvalue weighted by molar-refractivity contribution is -0.136. The Morgan fingerprint density at radius 3 is 2.65 bits per heavy atom. The van der Waals surface area contributed by atoms with E-state index in [1.165, 1.54) is 10.5 Å². The van der Waals surface area contributed by atoms with Gasteiger partial charge in [0.15, 0.2) is 5.69 Å². The Kier molecular flexibility index (Phi) is 2.43. The topological polar surface area (TPSA) is 118 Å². The highest BCUT2D eigenvalue weighted by Crippen LogP contribution is 2.17. The largest absolute Gasteiger partial charge is 0.481 e. The molecule has 7 nitrogen and oxygen atoms in total. The Morgan fingerprint density at radius 1 is 1.35 bits per heavy atom. The summed E-state index contributed by atoms with van der Waals surface area (Å²) in [5.74, 6) is -1.97. The number of nitrogens with zero attached hydrogens (tertiary/aromatic N) is 2. The number of carbonyl (C=O) groups is 2. The Hall–Kier alpha value is -2.57. The number of anilines is 1. The molecule has 0 atom stereocenters. The van der Waals surface area contributed by atoms with Crippen LogP contribution in [-0.2, 0) is 11.2 Å². The summed E-state index contributed by atoms with van der Waals surface area (Å²) in [4.78, 5) is 25.4. The molecule has 0 bridgehead atoms. The van der Waals surface area contributed by atoms with Crippen LogP contribution in [-0.4, -0.2) is 31.5 Å². The van der Waals surface area contributed by atoms with Crippen molar-refractivity contribution in [2.75, 3.05) is 5.73 Å². The first-order chi connectivity index (χ1) is 8.00. The summed E-state index contributed by atoms with van der Waals surface area (Å²) >= 11 is 0. The highest BCUT2D eigenvalue weighted by atomic mass is 16.4. The van der Waals surface area contributed by atoms with Crippen LogP contribution in [0.15, 0.2) is 18.2 Å². The summed E-state index contributed by atoms with van der Waals surface area (Å²) in [6, 6.07) is 4.66. The van der Waals surface area contributed by atoms with Crippen molar-refractivity contribution in [1.82, 2.24) is 9.38 Å². The SMILES string of the molecule is Nc1cccc2c(C(=O)O)nc(CC(=O)O)n12. The fourth-order valence-corrected chi connectivity index (χ4v) is 1.65. The molecule has 0 unspecified atom stereocenters. The molecule has 7 heteroatoms. The second-order valence-electron chi connectivity index (χ2n) is 3.42. The first-order valence-electron chi connectivity index (χ1n) is 4.71. The van der Waals surface area contributed by atoms with Crippen molar-refractivity contribution in [2.24, 2.45) is 0 Å². The van der Waals surface area contributed by atoms with E-state index < -0.39 is 11.9 Å². The quantitative estimate of drug-likeness (QED) is 0.701. The molecule has 2 aromatic rings. The molecule has 88 valence electrons. The number of aromatic carboxylic acids is 1. The molecule has 4 N–H and O–H groups in total. The number of carboxylic acids is 2. The molecule has 0 aromatic carbocycles. The van der Waals surface area contributed by atoms with Gasteiger partial charge >= 0.3 is 11.9 Å². The van der Waals surface area contributed by atoms with E-state index >= 15 is 0 Å². The molecule has 0 fully saturated rings. The van der Waals surface area contributed by atoms with Crippen LogP contribution in [0.2, 0.25) is 0 Å². The third-order valence-electron chi connectivity index (χ3n) is 2.27. The molecular formula is C10H9N3O4. The zero-order valence-electron chi connectivity index (χ0n) is 8.62. The summed E-state index contributed by atoms with van der Waals surface area (Å²) in [7, 11) is 0. The number of nitrogen functional groups attached to an aromatic ring is 1. The monoisotopic (exact) mass is 235 g/mol. The average molecular weight is 235 g/mol. The van der Waals surface area contributed by atoms with Gasteiger partial charge in [-0.15, -0.1) is 0 Å². The Labute approximate surface area is 95.1 Å². The van der Waals surface area contributed by atoms with Crippen molar-refractivity contribution in [3.63, 3.8) is 0 Å². The maximum atomic E-state index is 11.0. The highest BCUT2D eigenvalue weighted by Gasteiger charge is 2.19. The lowest BCUT2D eigenvalue weighted by Crippen LogP contribution is -2.07. The van der Waals surface area contributed by atoms with E-state index in [0.717, 1.165) is 0 Å². The molecule has 0 saturated heterocycles. The Balaban J connectivity index is 2.75. The molecule has 0 aliphatic heterocycles. The van der Waals surface area contributed by atoms with Gasteiger partial charge in [-0.05, 0) is 12.1 Å². The summed E-state index contributed by atoms with van der Waals surface area (Å²) in [5.41, 5.74) is 5.77.